The maximum absolute atomic E-state index is 8.60. The van der Waals surface area contributed by atoms with Gasteiger partial charge in [-0.15, -0.1) is 0 Å². The molecule has 0 radical (unpaired) electrons. The van der Waals surface area contributed by atoms with Crippen molar-refractivity contribution in [3.8, 4) is 0 Å². The molecule has 9 heavy (non-hydrogen) atoms. The Morgan fingerprint density at radius 3 is 2.89 bits per heavy atom. The van der Waals surface area contributed by atoms with Crippen LogP contribution in [0.5, 0.6) is 0 Å². The van der Waals surface area contributed by atoms with Crippen LogP contribution >= 0.6 is 0 Å². The molecule has 2 heteroatoms. The molecule has 0 fully saturated rings. The van der Waals surface area contributed by atoms with Crippen molar-refractivity contribution in [2.75, 3.05) is 20.2 Å². The Morgan fingerprint density at radius 1 is 1.67 bits per heavy atom. The molecule has 0 saturated heterocycles. The molecule has 1 heterocycles. The van der Waals surface area contributed by atoms with Crippen molar-refractivity contribution in [2.45, 2.75) is 19.3 Å². The van der Waals surface area contributed by atoms with Crippen LogP contribution < -0.4 is 0 Å². The van der Waals surface area contributed by atoms with Gasteiger partial charge >= 0.3 is 0 Å². The summed E-state index contributed by atoms with van der Waals surface area (Å²) < 4.78 is 2.25. The quantitative estimate of drug-likeness (QED) is 0.529. The minimum absolute atomic E-state index is 0.305. The maximum atomic E-state index is 8.60. The van der Waals surface area contributed by atoms with E-state index in [0.717, 1.165) is 6.42 Å². The van der Waals surface area contributed by atoms with E-state index in [0.29, 0.717) is 6.61 Å². The van der Waals surface area contributed by atoms with Gasteiger partial charge < -0.3 is 5.11 Å². The summed E-state index contributed by atoms with van der Waals surface area (Å²) >= 11 is 0. The molecule has 0 aromatic heterocycles. The van der Waals surface area contributed by atoms with Gasteiger partial charge in [-0.2, -0.15) is 0 Å². The molecule has 0 amide bonds. The van der Waals surface area contributed by atoms with Gasteiger partial charge in [0.2, 0.25) is 0 Å². The number of hydrogen-bond acceptors (Lipinski definition) is 1. The van der Waals surface area contributed by atoms with Crippen molar-refractivity contribution in [1.29, 1.82) is 0 Å². The Bertz CT molecular complexity index is 129. The van der Waals surface area contributed by atoms with Gasteiger partial charge in [-0.3, -0.25) is 0 Å². The maximum Gasteiger partial charge on any atom is 0.154 e. The average molecular weight is 128 g/mol. The third-order valence-corrected chi connectivity index (χ3v) is 1.90. The molecule has 52 valence electrons. The Balaban J connectivity index is 2.45. The summed E-state index contributed by atoms with van der Waals surface area (Å²) in [6.45, 7) is 1.48. The van der Waals surface area contributed by atoms with Gasteiger partial charge in [-0.05, 0) is 0 Å². The molecule has 0 unspecified atom stereocenters. The van der Waals surface area contributed by atoms with Gasteiger partial charge in [-0.25, -0.2) is 4.58 Å². The third-order valence-electron chi connectivity index (χ3n) is 1.90. The van der Waals surface area contributed by atoms with E-state index in [1.54, 1.807) is 0 Å². The molecular weight excluding hydrogens is 114 g/mol. The Hall–Kier alpha value is -0.370. The normalized spacial score (nSPS) is 19.3. The average Bonchev–Trinajstić information content (AvgIpc) is 2.18. The molecular formula is C7H14NO+. The topological polar surface area (TPSA) is 23.2 Å². The summed E-state index contributed by atoms with van der Waals surface area (Å²) in [4.78, 5) is 0. The summed E-state index contributed by atoms with van der Waals surface area (Å²) in [6.07, 6.45) is 3.33. The van der Waals surface area contributed by atoms with E-state index in [1.807, 2.05) is 0 Å². The molecule has 2 nitrogen and oxygen atoms in total. The van der Waals surface area contributed by atoms with Crippen molar-refractivity contribution in [3.63, 3.8) is 0 Å². The molecule has 0 aromatic rings. The number of nitrogens with zero attached hydrogens (tertiary/aromatic N) is 1. The second kappa shape index (κ2) is 2.97. The van der Waals surface area contributed by atoms with Crippen molar-refractivity contribution in [3.05, 3.63) is 0 Å². The van der Waals surface area contributed by atoms with Crippen LogP contribution in [0, 0.1) is 0 Å². The van der Waals surface area contributed by atoms with Gasteiger partial charge in [-0.1, -0.05) is 0 Å². The predicted molar refractivity (Wildman–Crippen MR) is 37.0 cm³/mol. The van der Waals surface area contributed by atoms with Gasteiger partial charge in [0.1, 0.15) is 13.6 Å². The van der Waals surface area contributed by atoms with Crippen LogP contribution in [0.2, 0.25) is 0 Å². The van der Waals surface area contributed by atoms with E-state index in [-0.39, 0.29) is 0 Å². The fourth-order valence-corrected chi connectivity index (χ4v) is 1.31. The molecule has 1 rings (SSSR count). The van der Waals surface area contributed by atoms with E-state index in [9.17, 15) is 0 Å². The van der Waals surface area contributed by atoms with Crippen LogP contribution in [-0.4, -0.2) is 35.6 Å². The smallest absolute Gasteiger partial charge is 0.154 e. The lowest BCUT2D eigenvalue weighted by molar-refractivity contribution is -0.489. The summed E-state index contributed by atoms with van der Waals surface area (Å²) in [5.41, 5.74) is 1.41. The van der Waals surface area contributed by atoms with Crippen molar-refractivity contribution >= 4 is 5.71 Å². The predicted octanol–water partition coefficient (Wildman–Crippen LogP) is 0.246. The molecule has 1 aliphatic heterocycles. The highest BCUT2D eigenvalue weighted by Gasteiger charge is 2.16. The Morgan fingerprint density at radius 2 is 2.44 bits per heavy atom. The zero-order valence-corrected chi connectivity index (χ0v) is 5.93. The molecule has 0 bridgehead atoms. The van der Waals surface area contributed by atoms with E-state index in [4.69, 9.17) is 5.11 Å². The fourth-order valence-electron chi connectivity index (χ4n) is 1.31. The largest absolute Gasteiger partial charge is 0.396 e. The molecule has 0 aromatic carbocycles. The first-order chi connectivity index (χ1) is 4.34. The number of hydrogen-bond donors (Lipinski definition) is 1. The van der Waals surface area contributed by atoms with E-state index < -0.39 is 0 Å². The molecule has 1 aliphatic rings. The van der Waals surface area contributed by atoms with E-state index in [2.05, 4.69) is 11.6 Å². The number of aliphatic hydroxyl groups is 1. The number of rotatable bonds is 2. The first kappa shape index (κ1) is 6.75. The SMILES string of the molecule is C[N+]1=C(CCO)CCC1. The highest BCUT2D eigenvalue weighted by Crippen LogP contribution is 2.04. The fraction of sp³-hybridized carbons (Fsp3) is 0.857. The zero-order valence-electron chi connectivity index (χ0n) is 5.93. The lowest BCUT2D eigenvalue weighted by atomic mass is 10.2. The third kappa shape index (κ3) is 1.52. The minimum atomic E-state index is 0.305. The lowest BCUT2D eigenvalue weighted by Crippen LogP contribution is -2.10. The number of aliphatic hydroxyl groups excluding tert-OH is 1. The monoisotopic (exact) mass is 128 g/mol. The van der Waals surface area contributed by atoms with Crippen LogP contribution in [0.3, 0.4) is 0 Å². The molecule has 0 saturated carbocycles. The molecule has 0 atom stereocenters. The summed E-state index contributed by atoms with van der Waals surface area (Å²) in [6, 6.07) is 0. The van der Waals surface area contributed by atoms with Gasteiger partial charge in [0.15, 0.2) is 5.71 Å². The Labute approximate surface area is 55.8 Å². The first-order valence-electron chi connectivity index (χ1n) is 3.51. The van der Waals surface area contributed by atoms with Crippen molar-refractivity contribution in [1.82, 2.24) is 0 Å². The van der Waals surface area contributed by atoms with Crippen LogP contribution in [0.1, 0.15) is 19.3 Å². The van der Waals surface area contributed by atoms with Crippen LogP contribution in [-0.2, 0) is 0 Å². The van der Waals surface area contributed by atoms with Crippen molar-refractivity contribution < 1.29 is 9.68 Å². The standard InChI is InChI=1S/C7H14NO/c1-8-5-2-3-7(8)4-6-9/h9H,2-6H2,1H3/q+1. The summed E-state index contributed by atoms with van der Waals surface area (Å²) in [5.74, 6) is 0. The van der Waals surface area contributed by atoms with E-state index >= 15 is 0 Å². The Kier molecular flexibility index (Phi) is 2.22. The van der Waals surface area contributed by atoms with Crippen molar-refractivity contribution in [2.24, 2.45) is 0 Å². The second-order valence-electron chi connectivity index (χ2n) is 2.56. The van der Waals surface area contributed by atoms with Crippen LogP contribution in [0.4, 0.5) is 0 Å². The van der Waals surface area contributed by atoms with Crippen LogP contribution in [0.25, 0.3) is 0 Å². The minimum Gasteiger partial charge on any atom is -0.396 e. The molecule has 0 spiro atoms. The highest BCUT2D eigenvalue weighted by atomic mass is 16.3. The second-order valence-corrected chi connectivity index (χ2v) is 2.56. The molecule has 0 aliphatic carbocycles. The summed E-state index contributed by atoms with van der Waals surface area (Å²) in [7, 11) is 2.10. The lowest BCUT2D eigenvalue weighted by Gasteiger charge is -1.91. The first-order valence-corrected chi connectivity index (χ1v) is 3.51. The highest BCUT2D eigenvalue weighted by molar-refractivity contribution is 5.80. The van der Waals surface area contributed by atoms with Crippen LogP contribution in [0.15, 0.2) is 0 Å². The van der Waals surface area contributed by atoms with Gasteiger partial charge in [0.25, 0.3) is 0 Å². The van der Waals surface area contributed by atoms with E-state index in [1.165, 1.54) is 25.1 Å². The van der Waals surface area contributed by atoms with Gasteiger partial charge in [0, 0.05) is 12.8 Å². The summed E-state index contributed by atoms with van der Waals surface area (Å²) in [5, 5.41) is 8.60. The molecule has 1 N–H and O–H groups in total. The van der Waals surface area contributed by atoms with Gasteiger partial charge in [0.05, 0.1) is 13.0 Å². The zero-order chi connectivity index (χ0) is 6.69.